The quantitative estimate of drug-likeness (QED) is 0.480. The first-order valence-electron chi connectivity index (χ1n) is 9.27. The molecular weight excluding hydrogens is 396 g/mol. The van der Waals surface area contributed by atoms with Crippen LogP contribution in [0.25, 0.3) is 10.6 Å². The summed E-state index contributed by atoms with van der Waals surface area (Å²) in [6.07, 6.45) is 0. The molecule has 4 aromatic rings. The molecule has 0 aliphatic rings. The van der Waals surface area contributed by atoms with E-state index in [2.05, 4.69) is 20.8 Å². The lowest BCUT2D eigenvalue weighted by Crippen LogP contribution is -2.13. The van der Waals surface area contributed by atoms with Gasteiger partial charge in [-0.1, -0.05) is 59.4 Å². The first-order chi connectivity index (χ1) is 14.6. The molecule has 0 radical (unpaired) electrons. The zero-order chi connectivity index (χ0) is 20.9. The highest BCUT2D eigenvalue weighted by molar-refractivity contribution is 7.18. The van der Waals surface area contributed by atoms with E-state index in [1.807, 2.05) is 49.4 Å². The fourth-order valence-electron chi connectivity index (χ4n) is 2.75. The van der Waals surface area contributed by atoms with Gasteiger partial charge in [0, 0.05) is 22.4 Å². The Bertz CT molecular complexity index is 1170. The third-order valence-corrected chi connectivity index (χ3v) is 5.27. The highest BCUT2D eigenvalue weighted by atomic mass is 32.1. The molecule has 0 aliphatic carbocycles. The maximum Gasteiger partial charge on any atom is 0.257 e. The van der Waals surface area contributed by atoms with Crippen LogP contribution in [-0.4, -0.2) is 22.0 Å². The highest BCUT2D eigenvalue weighted by Crippen LogP contribution is 2.26. The number of aryl methyl sites for hydroxylation is 1. The Kier molecular flexibility index (Phi) is 5.63. The van der Waals surface area contributed by atoms with Crippen molar-refractivity contribution < 1.29 is 9.59 Å². The monoisotopic (exact) mass is 414 g/mol. The predicted octanol–water partition coefficient (Wildman–Crippen LogP) is 5.02. The van der Waals surface area contributed by atoms with Gasteiger partial charge >= 0.3 is 0 Å². The van der Waals surface area contributed by atoms with Crippen LogP contribution in [0.1, 0.15) is 26.3 Å². The number of nitrogens with one attached hydrogen (secondary N) is 2. The molecule has 2 amide bonds. The van der Waals surface area contributed by atoms with Gasteiger partial charge in [0.2, 0.25) is 5.13 Å². The molecule has 0 bridgehead atoms. The summed E-state index contributed by atoms with van der Waals surface area (Å²) >= 11 is 1.31. The molecule has 4 rings (SSSR count). The van der Waals surface area contributed by atoms with E-state index in [1.54, 1.807) is 36.4 Å². The average Bonchev–Trinajstić information content (AvgIpc) is 3.24. The van der Waals surface area contributed by atoms with E-state index in [0.29, 0.717) is 21.9 Å². The summed E-state index contributed by atoms with van der Waals surface area (Å²) in [6.45, 7) is 1.97. The van der Waals surface area contributed by atoms with Gasteiger partial charge in [-0.05, 0) is 43.3 Å². The highest BCUT2D eigenvalue weighted by Gasteiger charge is 2.12. The van der Waals surface area contributed by atoms with Crippen molar-refractivity contribution in [3.63, 3.8) is 0 Å². The lowest BCUT2D eigenvalue weighted by molar-refractivity contribution is 0.102. The molecule has 0 spiro atoms. The van der Waals surface area contributed by atoms with Gasteiger partial charge in [0.05, 0.1) is 0 Å². The number of carbonyl (C=O) groups is 2. The van der Waals surface area contributed by atoms with Gasteiger partial charge < -0.3 is 5.32 Å². The van der Waals surface area contributed by atoms with E-state index in [-0.39, 0.29) is 11.8 Å². The number of aromatic nitrogens is 2. The lowest BCUT2D eigenvalue weighted by Gasteiger charge is -2.07. The van der Waals surface area contributed by atoms with Crippen molar-refractivity contribution in [3.05, 3.63) is 95.6 Å². The maximum absolute atomic E-state index is 12.5. The minimum Gasteiger partial charge on any atom is -0.322 e. The van der Waals surface area contributed by atoms with Gasteiger partial charge in [0.15, 0.2) is 0 Å². The molecule has 0 saturated carbocycles. The molecule has 0 aliphatic heterocycles. The van der Waals surface area contributed by atoms with E-state index in [4.69, 9.17) is 0 Å². The zero-order valence-corrected chi connectivity index (χ0v) is 16.9. The summed E-state index contributed by atoms with van der Waals surface area (Å²) in [5.74, 6) is -0.489. The Morgan fingerprint density at radius 3 is 2.00 bits per heavy atom. The molecule has 0 unspecified atom stereocenters. The van der Waals surface area contributed by atoms with Gasteiger partial charge in [-0.15, -0.1) is 10.2 Å². The normalized spacial score (nSPS) is 10.4. The van der Waals surface area contributed by atoms with Crippen molar-refractivity contribution in [2.75, 3.05) is 10.6 Å². The number of amides is 2. The lowest BCUT2D eigenvalue weighted by atomic mass is 10.1. The van der Waals surface area contributed by atoms with E-state index in [9.17, 15) is 9.59 Å². The summed E-state index contributed by atoms with van der Waals surface area (Å²) < 4.78 is 0. The minimum absolute atomic E-state index is 0.200. The number of rotatable bonds is 5. The average molecular weight is 414 g/mol. The largest absolute Gasteiger partial charge is 0.322 e. The van der Waals surface area contributed by atoms with E-state index in [1.165, 1.54) is 11.3 Å². The fourth-order valence-corrected chi connectivity index (χ4v) is 3.50. The Morgan fingerprint density at radius 2 is 1.33 bits per heavy atom. The Balaban J connectivity index is 1.39. The third-order valence-electron chi connectivity index (χ3n) is 4.38. The standard InChI is InChI=1S/C23H18N4O2S/c1-15-7-9-16(10-8-15)20(28)24-19-13-11-17(12-14-19)21(29)25-23-27-26-22(30-23)18-5-3-2-4-6-18/h2-14H,1H3,(H,24,28)(H,25,27,29). The third kappa shape index (κ3) is 4.59. The van der Waals surface area contributed by atoms with Crippen LogP contribution in [0.5, 0.6) is 0 Å². The van der Waals surface area contributed by atoms with Gasteiger partial charge in [0.25, 0.3) is 11.8 Å². The number of hydrogen-bond acceptors (Lipinski definition) is 5. The molecule has 3 aromatic carbocycles. The first kappa shape index (κ1) is 19.5. The van der Waals surface area contributed by atoms with Crippen LogP contribution in [0.15, 0.2) is 78.9 Å². The van der Waals surface area contributed by atoms with Crippen molar-refractivity contribution in [3.8, 4) is 10.6 Å². The molecule has 0 atom stereocenters. The van der Waals surface area contributed by atoms with E-state index in [0.717, 1.165) is 16.1 Å². The molecule has 0 fully saturated rings. The van der Waals surface area contributed by atoms with Crippen molar-refractivity contribution in [1.82, 2.24) is 10.2 Å². The summed E-state index contributed by atoms with van der Waals surface area (Å²) in [7, 11) is 0. The fraction of sp³-hybridized carbons (Fsp3) is 0.0435. The number of benzene rings is 3. The Hall–Kier alpha value is -3.84. The maximum atomic E-state index is 12.5. The number of hydrogen-bond donors (Lipinski definition) is 2. The van der Waals surface area contributed by atoms with Gasteiger partial charge in [-0.25, -0.2) is 0 Å². The van der Waals surface area contributed by atoms with Crippen molar-refractivity contribution in [2.24, 2.45) is 0 Å². The zero-order valence-electron chi connectivity index (χ0n) is 16.1. The van der Waals surface area contributed by atoms with E-state index >= 15 is 0 Å². The summed E-state index contributed by atoms with van der Waals surface area (Å²) in [5.41, 5.74) is 3.68. The van der Waals surface area contributed by atoms with Gasteiger partial charge in [0.1, 0.15) is 5.01 Å². The molecule has 2 N–H and O–H groups in total. The molecule has 6 nitrogen and oxygen atoms in total. The van der Waals surface area contributed by atoms with Crippen LogP contribution >= 0.6 is 11.3 Å². The minimum atomic E-state index is -0.290. The van der Waals surface area contributed by atoms with Crippen LogP contribution in [0, 0.1) is 6.92 Å². The SMILES string of the molecule is Cc1ccc(C(=O)Nc2ccc(C(=O)Nc3nnc(-c4ccccc4)s3)cc2)cc1. The summed E-state index contributed by atoms with van der Waals surface area (Å²) in [5, 5.41) is 14.9. The topological polar surface area (TPSA) is 84.0 Å². The van der Waals surface area contributed by atoms with Gasteiger partial charge in [-0.2, -0.15) is 0 Å². The molecule has 7 heteroatoms. The molecule has 0 saturated heterocycles. The van der Waals surface area contributed by atoms with Crippen LogP contribution in [0.4, 0.5) is 10.8 Å². The molecule has 148 valence electrons. The van der Waals surface area contributed by atoms with Crippen LogP contribution in [0.3, 0.4) is 0 Å². The van der Waals surface area contributed by atoms with Crippen LogP contribution in [0.2, 0.25) is 0 Å². The second kappa shape index (κ2) is 8.67. The summed E-state index contributed by atoms with van der Waals surface area (Å²) in [4.78, 5) is 24.8. The van der Waals surface area contributed by atoms with Crippen molar-refractivity contribution in [2.45, 2.75) is 6.92 Å². The van der Waals surface area contributed by atoms with E-state index < -0.39 is 0 Å². The van der Waals surface area contributed by atoms with Crippen molar-refractivity contribution >= 4 is 34.0 Å². The van der Waals surface area contributed by atoms with Crippen molar-refractivity contribution in [1.29, 1.82) is 0 Å². The summed E-state index contributed by atoms with van der Waals surface area (Å²) in [6, 6.07) is 23.7. The van der Waals surface area contributed by atoms with Crippen LogP contribution < -0.4 is 10.6 Å². The molecule has 1 aromatic heterocycles. The number of nitrogens with zero attached hydrogens (tertiary/aromatic N) is 2. The Labute approximate surface area is 177 Å². The Morgan fingerprint density at radius 1 is 0.733 bits per heavy atom. The molecule has 30 heavy (non-hydrogen) atoms. The smallest absolute Gasteiger partial charge is 0.257 e. The number of carbonyl (C=O) groups excluding carboxylic acids is 2. The van der Waals surface area contributed by atoms with Crippen LogP contribution in [-0.2, 0) is 0 Å². The second-order valence-electron chi connectivity index (χ2n) is 6.63. The molecular formula is C23H18N4O2S. The predicted molar refractivity (Wildman–Crippen MR) is 119 cm³/mol. The number of anilines is 2. The first-order valence-corrected chi connectivity index (χ1v) is 10.1. The second-order valence-corrected chi connectivity index (χ2v) is 7.61. The van der Waals surface area contributed by atoms with Gasteiger partial charge in [-0.3, -0.25) is 14.9 Å². The molecule has 1 heterocycles.